The van der Waals surface area contributed by atoms with E-state index in [9.17, 15) is 4.79 Å². The quantitative estimate of drug-likeness (QED) is 0.930. The molecule has 1 saturated carbocycles. The van der Waals surface area contributed by atoms with Crippen LogP contribution in [0.15, 0.2) is 24.3 Å². The number of halogens is 1. The van der Waals surface area contributed by atoms with Gasteiger partial charge in [-0.15, -0.1) is 11.3 Å². The molecule has 0 spiro atoms. The van der Waals surface area contributed by atoms with E-state index in [1.54, 1.807) is 0 Å². The molecule has 0 atom stereocenters. The summed E-state index contributed by atoms with van der Waals surface area (Å²) in [7, 11) is 0. The first-order valence-corrected chi connectivity index (χ1v) is 7.83. The summed E-state index contributed by atoms with van der Waals surface area (Å²) in [6.07, 6.45) is 2.40. The van der Waals surface area contributed by atoms with Crippen LogP contribution in [0.3, 0.4) is 0 Å². The van der Waals surface area contributed by atoms with Crippen molar-refractivity contribution in [3.63, 3.8) is 0 Å². The van der Waals surface area contributed by atoms with Crippen molar-refractivity contribution in [2.24, 2.45) is 0 Å². The molecule has 2 aromatic rings. The molecule has 1 N–H and O–H groups in total. The molecule has 1 fully saturated rings. The van der Waals surface area contributed by atoms with Crippen LogP contribution in [0.4, 0.5) is 0 Å². The third-order valence-electron chi connectivity index (χ3n) is 3.34. The van der Waals surface area contributed by atoms with Crippen LogP contribution in [-0.2, 0) is 6.54 Å². The number of aromatic nitrogens is 1. The fourth-order valence-electron chi connectivity index (χ4n) is 2.03. The Labute approximate surface area is 127 Å². The van der Waals surface area contributed by atoms with Crippen molar-refractivity contribution in [1.82, 2.24) is 10.3 Å². The van der Waals surface area contributed by atoms with Gasteiger partial charge in [0.15, 0.2) is 0 Å². The Hall–Kier alpha value is -1.39. The van der Waals surface area contributed by atoms with Gasteiger partial charge in [-0.2, -0.15) is 0 Å². The van der Waals surface area contributed by atoms with E-state index in [2.05, 4.69) is 10.3 Å². The normalized spacial score (nSPS) is 14.3. The van der Waals surface area contributed by atoms with Crippen molar-refractivity contribution >= 4 is 28.8 Å². The summed E-state index contributed by atoms with van der Waals surface area (Å²) in [4.78, 5) is 17.4. The van der Waals surface area contributed by atoms with Crippen LogP contribution in [-0.4, -0.2) is 10.9 Å². The highest BCUT2D eigenvalue weighted by Crippen LogP contribution is 2.42. The summed E-state index contributed by atoms with van der Waals surface area (Å²) >= 11 is 7.60. The number of carbonyl (C=O) groups is 1. The number of thiazole rings is 1. The maximum atomic E-state index is 12.2. The van der Waals surface area contributed by atoms with Crippen LogP contribution < -0.4 is 5.32 Å². The van der Waals surface area contributed by atoms with Crippen molar-refractivity contribution in [1.29, 1.82) is 0 Å². The monoisotopic (exact) mass is 306 g/mol. The highest BCUT2D eigenvalue weighted by molar-refractivity contribution is 7.13. The molecule has 0 aliphatic heterocycles. The Morgan fingerprint density at radius 2 is 2.20 bits per heavy atom. The van der Waals surface area contributed by atoms with Gasteiger partial charge in [-0.1, -0.05) is 29.8 Å². The molecule has 1 aromatic carbocycles. The first-order valence-electron chi connectivity index (χ1n) is 6.64. The average molecular weight is 307 g/mol. The Kier molecular flexibility index (Phi) is 3.76. The number of amides is 1. The molecule has 5 heteroatoms. The first-order chi connectivity index (χ1) is 9.65. The Balaban J connectivity index is 1.68. The van der Waals surface area contributed by atoms with Gasteiger partial charge in [-0.3, -0.25) is 4.79 Å². The second kappa shape index (κ2) is 5.54. The molecule has 1 heterocycles. The molecule has 0 bridgehead atoms. The van der Waals surface area contributed by atoms with Crippen LogP contribution in [0.5, 0.6) is 0 Å². The highest BCUT2D eigenvalue weighted by atomic mass is 35.5. The predicted octanol–water partition coefficient (Wildman–Crippen LogP) is 3.91. The van der Waals surface area contributed by atoms with Crippen LogP contribution in [0.2, 0.25) is 5.02 Å². The largest absolute Gasteiger partial charge is 0.347 e. The van der Waals surface area contributed by atoms with Gasteiger partial charge in [0, 0.05) is 17.5 Å². The number of aryl methyl sites for hydroxylation is 1. The van der Waals surface area contributed by atoms with Gasteiger partial charge in [0.1, 0.15) is 4.88 Å². The minimum atomic E-state index is -0.0631. The lowest BCUT2D eigenvalue weighted by Crippen LogP contribution is -2.22. The smallest absolute Gasteiger partial charge is 0.263 e. The summed E-state index contributed by atoms with van der Waals surface area (Å²) in [5.41, 5.74) is 1.75. The number of rotatable bonds is 4. The van der Waals surface area contributed by atoms with Gasteiger partial charge in [-0.05, 0) is 31.4 Å². The Morgan fingerprint density at radius 3 is 2.90 bits per heavy atom. The summed E-state index contributed by atoms with van der Waals surface area (Å²) in [5.74, 6) is 0.524. The van der Waals surface area contributed by atoms with Crippen molar-refractivity contribution in [2.45, 2.75) is 32.2 Å². The minimum Gasteiger partial charge on any atom is -0.347 e. The summed E-state index contributed by atoms with van der Waals surface area (Å²) in [6, 6.07) is 7.53. The van der Waals surface area contributed by atoms with E-state index in [1.807, 2.05) is 31.2 Å². The first kappa shape index (κ1) is 13.6. The van der Waals surface area contributed by atoms with Gasteiger partial charge < -0.3 is 5.32 Å². The average Bonchev–Trinajstić information content (AvgIpc) is 3.21. The van der Waals surface area contributed by atoms with E-state index < -0.39 is 0 Å². The molecule has 1 aliphatic rings. The fourth-order valence-corrected chi connectivity index (χ4v) is 3.39. The fraction of sp³-hybridized carbons (Fsp3) is 0.333. The van der Waals surface area contributed by atoms with Crippen molar-refractivity contribution in [3.05, 3.63) is 50.4 Å². The number of nitrogens with one attached hydrogen (secondary N) is 1. The number of nitrogens with zero attached hydrogens (tertiary/aromatic N) is 1. The lowest BCUT2D eigenvalue weighted by Gasteiger charge is -2.05. The maximum absolute atomic E-state index is 12.2. The SMILES string of the molecule is Cc1nc(C2CC2)sc1C(=O)NCc1ccccc1Cl. The van der Waals surface area contributed by atoms with E-state index in [1.165, 1.54) is 24.2 Å². The second-order valence-corrected chi connectivity index (χ2v) is 6.45. The predicted molar refractivity (Wildman–Crippen MR) is 81.4 cm³/mol. The molecule has 104 valence electrons. The number of carbonyl (C=O) groups excluding carboxylic acids is 1. The highest BCUT2D eigenvalue weighted by Gasteiger charge is 2.28. The van der Waals surface area contributed by atoms with Crippen LogP contribution in [0.25, 0.3) is 0 Å². The maximum Gasteiger partial charge on any atom is 0.263 e. The van der Waals surface area contributed by atoms with Crippen LogP contribution >= 0.6 is 22.9 Å². The van der Waals surface area contributed by atoms with E-state index in [4.69, 9.17) is 11.6 Å². The zero-order chi connectivity index (χ0) is 14.1. The molecule has 0 radical (unpaired) electrons. The molecule has 3 nitrogen and oxygen atoms in total. The third-order valence-corrected chi connectivity index (χ3v) is 5.03. The second-order valence-electron chi connectivity index (χ2n) is 5.01. The van der Waals surface area contributed by atoms with Crippen LogP contribution in [0, 0.1) is 6.92 Å². The van der Waals surface area contributed by atoms with Gasteiger partial charge in [0.25, 0.3) is 5.91 Å². The molecule has 1 aromatic heterocycles. The van der Waals surface area contributed by atoms with Crippen molar-refractivity contribution in [3.8, 4) is 0 Å². The van der Waals surface area contributed by atoms with Gasteiger partial charge in [0.05, 0.1) is 10.7 Å². The molecule has 1 aliphatic carbocycles. The van der Waals surface area contributed by atoms with E-state index >= 15 is 0 Å². The number of hydrogen-bond donors (Lipinski definition) is 1. The molecule has 0 saturated heterocycles. The van der Waals surface area contributed by atoms with E-state index in [0.717, 1.165) is 21.1 Å². The topological polar surface area (TPSA) is 42.0 Å². The van der Waals surface area contributed by atoms with Crippen LogP contribution in [0.1, 0.15) is 44.7 Å². The van der Waals surface area contributed by atoms with Gasteiger partial charge >= 0.3 is 0 Å². The Bertz CT molecular complexity index is 649. The summed E-state index contributed by atoms with van der Waals surface area (Å²) in [5, 5.41) is 4.69. The lowest BCUT2D eigenvalue weighted by molar-refractivity contribution is 0.0954. The number of hydrogen-bond acceptors (Lipinski definition) is 3. The number of benzene rings is 1. The van der Waals surface area contributed by atoms with E-state index in [0.29, 0.717) is 17.5 Å². The lowest BCUT2D eigenvalue weighted by atomic mass is 10.2. The summed E-state index contributed by atoms with van der Waals surface area (Å²) < 4.78 is 0. The van der Waals surface area contributed by atoms with Crippen molar-refractivity contribution < 1.29 is 4.79 Å². The molecular formula is C15H15ClN2OS. The molecule has 0 unspecified atom stereocenters. The Morgan fingerprint density at radius 1 is 1.45 bits per heavy atom. The molecule has 20 heavy (non-hydrogen) atoms. The third kappa shape index (κ3) is 2.86. The molecule has 3 rings (SSSR count). The summed E-state index contributed by atoms with van der Waals surface area (Å²) in [6.45, 7) is 2.33. The van der Waals surface area contributed by atoms with Gasteiger partial charge in [0.2, 0.25) is 0 Å². The zero-order valence-electron chi connectivity index (χ0n) is 11.1. The van der Waals surface area contributed by atoms with Crippen molar-refractivity contribution in [2.75, 3.05) is 0 Å². The standard InChI is InChI=1S/C15H15ClN2OS/c1-9-13(20-15(18-9)10-6-7-10)14(19)17-8-11-4-2-3-5-12(11)16/h2-5,10H,6-8H2,1H3,(H,17,19). The van der Waals surface area contributed by atoms with Gasteiger partial charge in [-0.25, -0.2) is 4.98 Å². The molecular weight excluding hydrogens is 292 g/mol. The van der Waals surface area contributed by atoms with E-state index in [-0.39, 0.29) is 5.91 Å². The molecule has 1 amide bonds. The zero-order valence-corrected chi connectivity index (χ0v) is 12.7. The minimum absolute atomic E-state index is 0.0631.